The Labute approximate surface area is 142 Å². The summed E-state index contributed by atoms with van der Waals surface area (Å²) in [6.45, 7) is 1.80. The highest BCUT2D eigenvalue weighted by atomic mass is 16.5. The van der Waals surface area contributed by atoms with Crippen LogP contribution >= 0.6 is 0 Å². The Balaban J connectivity index is 1.52. The molecule has 3 rings (SSSR count). The Kier molecular flexibility index (Phi) is 4.95. The molecule has 0 N–H and O–H groups in total. The molecule has 3 heterocycles. The lowest BCUT2D eigenvalue weighted by atomic mass is 9.90. The summed E-state index contributed by atoms with van der Waals surface area (Å²) in [6.07, 6.45) is 6.93. The SMILES string of the molecule is CN(C)C(=O)[C@H]1CC[C@@H](C2CCN(c3cnc(C#N)cn3)CC2)O1. The minimum Gasteiger partial charge on any atom is -0.365 e. The second kappa shape index (κ2) is 7.14. The van der Waals surface area contributed by atoms with Crippen molar-refractivity contribution in [2.45, 2.75) is 37.9 Å². The number of piperidine rings is 1. The third kappa shape index (κ3) is 3.49. The Morgan fingerprint density at radius 2 is 2.00 bits per heavy atom. The molecule has 7 nitrogen and oxygen atoms in total. The average Bonchev–Trinajstić information content (AvgIpc) is 3.11. The van der Waals surface area contributed by atoms with E-state index in [4.69, 9.17) is 10.00 Å². The second-order valence-electron chi connectivity index (χ2n) is 6.67. The lowest BCUT2D eigenvalue weighted by molar-refractivity contribution is -0.141. The fraction of sp³-hybridized carbons (Fsp3) is 0.647. The molecular formula is C17H23N5O2. The van der Waals surface area contributed by atoms with Crippen molar-refractivity contribution in [3.8, 4) is 6.07 Å². The summed E-state index contributed by atoms with van der Waals surface area (Å²) < 4.78 is 6.02. The van der Waals surface area contributed by atoms with Gasteiger partial charge in [-0.3, -0.25) is 4.79 Å². The molecule has 2 saturated heterocycles. The van der Waals surface area contributed by atoms with Gasteiger partial charge in [-0.2, -0.15) is 5.26 Å². The van der Waals surface area contributed by atoms with Crippen LogP contribution in [0.1, 0.15) is 31.4 Å². The number of ether oxygens (including phenoxy) is 1. The number of nitriles is 1. The zero-order chi connectivity index (χ0) is 17.1. The summed E-state index contributed by atoms with van der Waals surface area (Å²) >= 11 is 0. The Morgan fingerprint density at radius 3 is 2.58 bits per heavy atom. The fourth-order valence-electron chi connectivity index (χ4n) is 3.52. The number of carbonyl (C=O) groups excluding carboxylic acids is 1. The number of carbonyl (C=O) groups is 1. The Bertz CT molecular complexity index is 617. The van der Waals surface area contributed by atoms with E-state index in [-0.39, 0.29) is 18.1 Å². The first-order chi connectivity index (χ1) is 11.6. The Hall–Kier alpha value is -2.20. The van der Waals surface area contributed by atoms with Gasteiger partial charge in [0.2, 0.25) is 0 Å². The standard InChI is InChI=1S/C17H23N5O2/c1-21(2)17(23)15-4-3-14(24-15)12-5-7-22(8-6-12)16-11-19-13(9-18)10-20-16/h10-12,14-15H,3-8H2,1-2H3/t14-,15+/m0/s1. The van der Waals surface area contributed by atoms with Gasteiger partial charge in [0, 0.05) is 27.2 Å². The topological polar surface area (TPSA) is 82.4 Å². The maximum Gasteiger partial charge on any atom is 0.251 e. The van der Waals surface area contributed by atoms with Gasteiger partial charge in [-0.1, -0.05) is 0 Å². The van der Waals surface area contributed by atoms with Crippen LogP contribution in [0, 0.1) is 17.2 Å². The molecule has 1 amide bonds. The molecule has 0 unspecified atom stereocenters. The molecule has 24 heavy (non-hydrogen) atoms. The molecule has 0 bridgehead atoms. The minimum atomic E-state index is -0.271. The minimum absolute atomic E-state index is 0.0720. The Morgan fingerprint density at radius 1 is 1.25 bits per heavy atom. The van der Waals surface area contributed by atoms with Crippen molar-refractivity contribution >= 4 is 11.7 Å². The van der Waals surface area contributed by atoms with E-state index in [1.54, 1.807) is 25.2 Å². The van der Waals surface area contributed by atoms with Crippen LogP contribution in [0.15, 0.2) is 12.4 Å². The number of rotatable bonds is 3. The molecular weight excluding hydrogens is 306 g/mol. The molecule has 2 aliphatic heterocycles. The first kappa shape index (κ1) is 16.7. The summed E-state index contributed by atoms with van der Waals surface area (Å²) in [6, 6.07) is 1.98. The third-order valence-corrected chi connectivity index (χ3v) is 4.91. The van der Waals surface area contributed by atoms with Crippen LogP contribution in [0.3, 0.4) is 0 Å². The van der Waals surface area contributed by atoms with E-state index in [1.165, 1.54) is 6.20 Å². The zero-order valence-corrected chi connectivity index (χ0v) is 14.2. The van der Waals surface area contributed by atoms with Gasteiger partial charge >= 0.3 is 0 Å². The third-order valence-electron chi connectivity index (χ3n) is 4.91. The molecule has 2 fully saturated rings. The van der Waals surface area contributed by atoms with Crippen LogP contribution in [0.2, 0.25) is 0 Å². The number of hydrogen-bond acceptors (Lipinski definition) is 6. The second-order valence-corrected chi connectivity index (χ2v) is 6.67. The summed E-state index contributed by atoms with van der Waals surface area (Å²) in [4.78, 5) is 24.2. The van der Waals surface area contributed by atoms with Crippen LogP contribution in [-0.2, 0) is 9.53 Å². The zero-order valence-electron chi connectivity index (χ0n) is 14.2. The predicted octanol–water partition coefficient (Wildman–Crippen LogP) is 1.20. The van der Waals surface area contributed by atoms with Crippen LogP contribution in [-0.4, -0.2) is 60.2 Å². The lowest BCUT2D eigenvalue weighted by Gasteiger charge is -2.35. The fourth-order valence-corrected chi connectivity index (χ4v) is 3.52. The first-order valence-electron chi connectivity index (χ1n) is 8.42. The number of anilines is 1. The van der Waals surface area contributed by atoms with Crippen molar-refractivity contribution in [1.82, 2.24) is 14.9 Å². The van der Waals surface area contributed by atoms with Crippen molar-refractivity contribution in [2.24, 2.45) is 5.92 Å². The van der Waals surface area contributed by atoms with E-state index in [0.717, 1.165) is 44.6 Å². The van der Waals surface area contributed by atoms with Gasteiger partial charge < -0.3 is 14.5 Å². The van der Waals surface area contributed by atoms with Crippen LogP contribution in [0.5, 0.6) is 0 Å². The molecule has 0 aromatic carbocycles. The van der Waals surface area contributed by atoms with Crippen molar-refractivity contribution in [2.75, 3.05) is 32.1 Å². The highest BCUT2D eigenvalue weighted by Gasteiger charge is 2.37. The van der Waals surface area contributed by atoms with Gasteiger partial charge in [0.15, 0.2) is 5.69 Å². The summed E-state index contributed by atoms with van der Waals surface area (Å²) in [5.41, 5.74) is 0.338. The van der Waals surface area contributed by atoms with Gasteiger partial charge in [-0.05, 0) is 31.6 Å². The molecule has 0 saturated carbocycles. The number of hydrogen-bond donors (Lipinski definition) is 0. The summed E-state index contributed by atoms with van der Waals surface area (Å²) in [7, 11) is 3.55. The van der Waals surface area contributed by atoms with Crippen molar-refractivity contribution in [3.63, 3.8) is 0 Å². The molecule has 2 atom stereocenters. The molecule has 1 aromatic rings. The van der Waals surface area contributed by atoms with Gasteiger partial charge in [-0.25, -0.2) is 9.97 Å². The van der Waals surface area contributed by atoms with Crippen molar-refractivity contribution in [1.29, 1.82) is 5.26 Å². The van der Waals surface area contributed by atoms with E-state index >= 15 is 0 Å². The molecule has 128 valence electrons. The van der Waals surface area contributed by atoms with Crippen molar-refractivity contribution in [3.05, 3.63) is 18.1 Å². The smallest absolute Gasteiger partial charge is 0.251 e. The monoisotopic (exact) mass is 329 g/mol. The maximum absolute atomic E-state index is 12.0. The molecule has 0 radical (unpaired) electrons. The van der Waals surface area contributed by atoms with Crippen LogP contribution in [0.4, 0.5) is 5.82 Å². The normalized spacial score (nSPS) is 24.6. The van der Waals surface area contributed by atoms with Gasteiger partial charge in [-0.15, -0.1) is 0 Å². The summed E-state index contributed by atoms with van der Waals surface area (Å²) in [5, 5.41) is 8.78. The average molecular weight is 329 g/mol. The molecule has 7 heteroatoms. The van der Waals surface area contributed by atoms with E-state index in [0.29, 0.717) is 11.6 Å². The van der Waals surface area contributed by atoms with E-state index < -0.39 is 0 Å². The van der Waals surface area contributed by atoms with Gasteiger partial charge in [0.1, 0.15) is 18.0 Å². The van der Waals surface area contributed by atoms with E-state index in [2.05, 4.69) is 14.9 Å². The number of likely N-dealkylation sites (N-methyl/N-ethyl adjacent to an activating group) is 1. The van der Waals surface area contributed by atoms with E-state index in [1.807, 2.05) is 6.07 Å². The summed E-state index contributed by atoms with van der Waals surface area (Å²) in [5.74, 6) is 1.38. The van der Waals surface area contributed by atoms with Gasteiger partial charge in [0.05, 0.1) is 18.5 Å². The van der Waals surface area contributed by atoms with Gasteiger partial charge in [0.25, 0.3) is 5.91 Å². The number of nitrogens with zero attached hydrogens (tertiary/aromatic N) is 5. The maximum atomic E-state index is 12.0. The largest absolute Gasteiger partial charge is 0.365 e. The molecule has 1 aromatic heterocycles. The van der Waals surface area contributed by atoms with Crippen LogP contribution < -0.4 is 4.90 Å². The van der Waals surface area contributed by atoms with Crippen molar-refractivity contribution < 1.29 is 9.53 Å². The first-order valence-corrected chi connectivity index (χ1v) is 8.42. The number of amides is 1. The molecule has 0 spiro atoms. The quantitative estimate of drug-likeness (QED) is 0.829. The highest BCUT2D eigenvalue weighted by molar-refractivity contribution is 5.80. The van der Waals surface area contributed by atoms with E-state index in [9.17, 15) is 4.79 Å². The lowest BCUT2D eigenvalue weighted by Crippen LogP contribution is -2.39. The van der Waals surface area contributed by atoms with Crippen LogP contribution in [0.25, 0.3) is 0 Å². The highest BCUT2D eigenvalue weighted by Crippen LogP contribution is 2.33. The molecule has 2 aliphatic rings. The number of aromatic nitrogens is 2. The molecule has 0 aliphatic carbocycles. The predicted molar refractivity (Wildman–Crippen MR) is 88.3 cm³/mol.